The quantitative estimate of drug-likeness (QED) is 0.916. The minimum atomic E-state index is -0.756. The predicted molar refractivity (Wildman–Crippen MR) is 74.6 cm³/mol. The molecule has 0 aliphatic heterocycles. The van der Waals surface area contributed by atoms with E-state index in [1.165, 1.54) is 4.70 Å². The number of carboxylic acids is 1. The lowest BCUT2D eigenvalue weighted by Crippen LogP contribution is -2.25. The third-order valence-electron chi connectivity index (χ3n) is 2.75. The van der Waals surface area contributed by atoms with Crippen molar-refractivity contribution in [2.75, 3.05) is 0 Å². The number of hydrogen-bond acceptors (Lipinski definition) is 2. The molecule has 0 aliphatic carbocycles. The van der Waals surface area contributed by atoms with Gasteiger partial charge in [0, 0.05) is 19.4 Å². The summed E-state index contributed by atoms with van der Waals surface area (Å²) in [4.78, 5) is 12.2. The Kier molecular flexibility index (Phi) is 3.27. The van der Waals surface area contributed by atoms with Crippen LogP contribution < -0.4 is 0 Å². The molecule has 90 valence electrons. The Morgan fingerprint density at radius 3 is 2.76 bits per heavy atom. The van der Waals surface area contributed by atoms with E-state index in [0.717, 1.165) is 14.7 Å². The highest BCUT2D eigenvalue weighted by Gasteiger charge is 2.28. The molecule has 0 fully saturated rings. The smallest absolute Gasteiger partial charge is 0.309 e. The van der Waals surface area contributed by atoms with Crippen LogP contribution in [0.4, 0.5) is 0 Å². The van der Waals surface area contributed by atoms with Gasteiger partial charge in [-0.15, -0.1) is 11.3 Å². The van der Waals surface area contributed by atoms with Gasteiger partial charge < -0.3 is 5.11 Å². The second kappa shape index (κ2) is 4.42. The SMILES string of the molecule is CC(C)(Cc1cc2c(Br)cccc2s1)C(=O)O. The van der Waals surface area contributed by atoms with Crippen LogP contribution in [0.5, 0.6) is 0 Å². The van der Waals surface area contributed by atoms with E-state index in [9.17, 15) is 4.79 Å². The number of aliphatic carboxylic acids is 1. The summed E-state index contributed by atoms with van der Waals surface area (Å²) in [7, 11) is 0. The molecular formula is C13H13BrO2S. The molecule has 1 aromatic heterocycles. The lowest BCUT2D eigenvalue weighted by molar-refractivity contribution is -0.146. The Labute approximate surface area is 112 Å². The molecule has 1 heterocycles. The van der Waals surface area contributed by atoms with Crippen LogP contribution in [0.1, 0.15) is 18.7 Å². The van der Waals surface area contributed by atoms with Gasteiger partial charge in [-0.3, -0.25) is 4.79 Å². The molecule has 0 unspecified atom stereocenters. The standard InChI is InChI=1S/C13H13BrO2S/c1-13(2,12(15)16)7-8-6-9-10(14)4-3-5-11(9)17-8/h3-6H,7H2,1-2H3,(H,15,16). The van der Waals surface area contributed by atoms with E-state index in [0.29, 0.717) is 6.42 Å². The molecular weight excluding hydrogens is 300 g/mol. The molecule has 0 saturated heterocycles. The highest BCUT2D eigenvalue weighted by molar-refractivity contribution is 9.10. The first-order chi connectivity index (χ1) is 7.90. The van der Waals surface area contributed by atoms with E-state index in [1.807, 2.05) is 12.1 Å². The summed E-state index contributed by atoms with van der Waals surface area (Å²) in [6.07, 6.45) is 0.564. The van der Waals surface area contributed by atoms with Crippen molar-refractivity contribution in [3.63, 3.8) is 0 Å². The van der Waals surface area contributed by atoms with Gasteiger partial charge in [-0.25, -0.2) is 0 Å². The molecule has 1 aromatic carbocycles. The van der Waals surface area contributed by atoms with Crippen LogP contribution in [0.15, 0.2) is 28.7 Å². The number of carbonyl (C=O) groups is 1. The minimum absolute atomic E-state index is 0.564. The maximum atomic E-state index is 11.1. The zero-order chi connectivity index (χ0) is 12.6. The van der Waals surface area contributed by atoms with Crippen LogP contribution in [0, 0.1) is 5.41 Å². The molecule has 0 amide bonds. The Hall–Kier alpha value is -0.870. The minimum Gasteiger partial charge on any atom is -0.481 e. The van der Waals surface area contributed by atoms with Crippen LogP contribution in [0.25, 0.3) is 10.1 Å². The van der Waals surface area contributed by atoms with Gasteiger partial charge in [-0.05, 0) is 38.5 Å². The van der Waals surface area contributed by atoms with E-state index in [2.05, 4.69) is 28.1 Å². The highest BCUT2D eigenvalue weighted by Crippen LogP contribution is 2.34. The average molecular weight is 313 g/mol. The number of carboxylic acid groups (broad SMARTS) is 1. The van der Waals surface area contributed by atoms with Crippen molar-refractivity contribution in [3.05, 3.63) is 33.6 Å². The molecule has 0 aliphatic rings. The van der Waals surface area contributed by atoms with Crippen LogP contribution in [0.2, 0.25) is 0 Å². The van der Waals surface area contributed by atoms with Crippen molar-refractivity contribution in [2.45, 2.75) is 20.3 Å². The summed E-state index contributed by atoms with van der Waals surface area (Å²) in [6, 6.07) is 8.13. The van der Waals surface area contributed by atoms with Gasteiger partial charge in [0.05, 0.1) is 5.41 Å². The van der Waals surface area contributed by atoms with Crippen molar-refractivity contribution in [2.24, 2.45) is 5.41 Å². The molecule has 0 atom stereocenters. The van der Waals surface area contributed by atoms with E-state index in [1.54, 1.807) is 25.2 Å². The van der Waals surface area contributed by atoms with Gasteiger partial charge >= 0.3 is 5.97 Å². The van der Waals surface area contributed by atoms with Crippen LogP contribution in [-0.2, 0) is 11.2 Å². The molecule has 2 nitrogen and oxygen atoms in total. The molecule has 0 bridgehead atoms. The zero-order valence-electron chi connectivity index (χ0n) is 9.66. The molecule has 0 saturated carbocycles. The summed E-state index contributed by atoms with van der Waals surface area (Å²) in [6.45, 7) is 3.52. The third-order valence-corrected chi connectivity index (χ3v) is 4.55. The average Bonchev–Trinajstić information content (AvgIpc) is 2.60. The van der Waals surface area contributed by atoms with Crippen LogP contribution in [-0.4, -0.2) is 11.1 Å². The zero-order valence-corrected chi connectivity index (χ0v) is 12.1. The molecule has 2 rings (SSSR count). The molecule has 4 heteroatoms. The Balaban J connectivity index is 2.38. The van der Waals surface area contributed by atoms with Gasteiger partial charge in [0.1, 0.15) is 0 Å². The number of fused-ring (bicyclic) bond motifs is 1. The Morgan fingerprint density at radius 2 is 2.18 bits per heavy atom. The summed E-state index contributed by atoms with van der Waals surface area (Å²) in [5, 5.41) is 10.3. The molecule has 1 N–H and O–H groups in total. The van der Waals surface area contributed by atoms with E-state index in [-0.39, 0.29) is 0 Å². The van der Waals surface area contributed by atoms with Gasteiger partial charge in [0.25, 0.3) is 0 Å². The van der Waals surface area contributed by atoms with Gasteiger partial charge in [0.2, 0.25) is 0 Å². The largest absolute Gasteiger partial charge is 0.481 e. The first-order valence-electron chi connectivity index (χ1n) is 5.30. The van der Waals surface area contributed by atoms with Crippen molar-refractivity contribution >= 4 is 43.3 Å². The third kappa shape index (κ3) is 2.53. The number of rotatable bonds is 3. The first kappa shape index (κ1) is 12.6. The van der Waals surface area contributed by atoms with Gasteiger partial charge in [-0.1, -0.05) is 22.0 Å². The van der Waals surface area contributed by atoms with Crippen LogP contribution >= 0.6 is 27.3 Å². The van der Waals surface area contributed by atoms with Crippen molar-refractivity contribution in [1.29, 1.82) is 0 Å². The maximum absolute atomic E-state index is 11.1. The van der Waals surface area contributed by atoms with Gasteiger partial charge in [-0.2, -0.15) is 0 Å². The topological polar surface area (TPSA) is 37.3 Å². The molecule has 17 heavy (non-hydrogen) atoms. The summed E-state index contributed by atoms with van der Waals surface area (Å²) >= 11 is 5.17. The lowest BCUT2D eigenvalue weighted by atomic mass is 9.89. The van der Waals surface area contributed by atoms with Crippen molar-refractivity contribution in [3.8, 4) is 0 Å². The van der Waals surface area contributed by atoms with Crippen molar-refractivity contribution in [1.82, 2.24) is 0 Å². The van der Waals surface area contributed by atoms with Crippen LogP contribution in [0.3, 0.4) is 0 Å². The number of thiophene rings is 1. The summed E-state index contributed by atoms with van der Waals surface area (Å²) in [5.41, 5.74) is -0.715. The summed E-state index contributed by atoms with van der Waals surface area (Å²) in [5.74, 6) is -0.756. The molecule has 2 aromatic rings. The number of halogens is 1. The second-order valence-electron chi connectivity index (χ2n) is 4.73. The first-order valence-corrected chi connectivity index (χ1v) is 6.91. The predicted octanol–water partition coefficient (Wildman–Crippen LogP) is 4.32. The van der Waals surface area contributed by atoms with Gasteiger partial charge in [0.15, 0.2) is 0 Å². The second-order valence-corrected chi connectivity index (χ2v) is 6.75. The fourth-order valence-corrected chi connectivity index (χ4v) is 3.61. The lowest BCUT2D eigenvalue weighted by Gasteiger charge is -2.17. The Morgan fingerprint density at radius 1 is 1.47 bits per heavy atom. The van der Waals surface area contributed by atoms with Crippen molar-refractivity contribution < 1.29 is 9.90 Å². The Bertz CT molecular complexity index is 572. The number of hydrogen-bond donors (Lipinski definition) is 1. The fourth-order valence-electron chi connectivity index (χ4n) is 1.68. The fraction of sp³-hybridized carbons (Fsp3) is 0.308. The maximum Gasteiger partial charge on any atom is 0.309 e. The molecule has 0 spiro atoms. The van der Waals surface area contributed by atoms with E-state index < -0.39 is 11.4 Å². The monoisotopic (exact) mass is 312 g/mol. The summed E-state index contributed by atoms with van der Waals surface area (Å²) < 4.78 is 2.25. The number of benzene rings is 1. The molecule has 0 radical (unpaired) electrons. The van der Waals surface area contributed by atoms with E-state index in [4.69, 9.17) is 5.11 Å². The van der Waals surface area contributed by atoms with E-state index >= 15 is 0 Å². The normalized spacial score (nSPS) is 11.9. The highest BCUT2D eigenvalue weighted by atomic mass is 79.9.